The topological polar surface area (TPSA) is 81.0 Å². The van der Waals surface area contributed by atoms with Crippen LogP contribution in [0.5, 0.6) is 5.75 Å². The van der Waals surface area contributed by atoms with E-state index in [9.17, 15) is 10.1 Å². The molecule has 1 heterocycles. The van der Waals surface area contributed by atoms with E-state index >= 15 is 0 Å². The minimum Gasteiger partial charge on any atom is -0.496 e. The van der Waals surface area contributed by atoms with Gasteiger partial charge in [0.1, 0.15) is 5.75 Å². The maximum absolute atomic E-state index is 10.6. The van der Waals surface area contributed by atoms with Crippen molar-refractivity contribution < 1.29 is 9.66 Å². The van der Waals surface area contributed by atoms with Gasteiger partial charge in [-0.25, -0.2) is 4.98 Å². The Bertz CT molecular complexity index is 508. The van der Waals surface area contributed by atoms with Crippen LogP contribution in [0.15, 0.2) is 30.7 Å². The van der Waals surface area contributed by atoms with E-state index in [-0.39, 0.29) is 5.69 Å². The monoisotopic (exact) mass is 219 g/mol. The Morgan fingerprint density at radius 1 is 1.50 bits per heavy atom. The highest BCUT2D eigenvalue weighted by Gasteiger charge is 2.13. The molecule has 0 fully saturated rings. The van der Waals surface area contributed by atoms with Gasteiger partial charge < -0.3 is 9.72 Å². The zero-order valence-electron chi connectivity index (χ0n) is 8.51. The Hall–Kier alpha value is -2.37. The number of nitrogens with one attached hydrogen (secondary N) is 1. The molecule has 6 nitrogen and oxygen atoms in total. The van der Waals surface area contributed by atoms with Crippen LogP contribution in [-0.2, 0) is 0 Å². The Morgan fingerprint density at radius 3 is 2.88 bits per heavy atom. The Balaban J connectivity index is 2.51. The number of nitrogens with zero attached hydrogens (tertiary/aromatic N) is 2. The van der Waals surface area contributed by atoms with Crippen LogP contribution in [0.2, 0.25) is 0 Å². The highest BCUT2D eigenvalue weighted by molar-refractivity contribution is 5.68. The van der Waals surface area contributed by atoms with E-state index in [2.05, 4.69) is 9.97 Å². The quantitative estimate of drug-likeness (QED) is 0.632. The summed E-state index contributed by atoms with van der Waals surface area (Å²) in [5.74, 6) is 0.432. The minimum absolute atomic E-state index is 0.00358. The summed E-state index contributed by atoms with van der Waals surface area (Å²) in [7, 11) is 1.47. The van der Waals surface area contributed by atoms with Crippen LogP contribution in [0.1, 0.15) is 0 Å². The number of hydrogen-bond acceptors (Lipinski definition) is 4. The standard InChI is InChI=1S/C10H9N3O3/c1-16-10-4-7(13(14)15)2-3-8(10)9-5-11-6-12-9/h2-6H,1H3,(H,11,12). The molecule has 0 aliphatic carbocycles. The molecule has 2 aromatic rings. The molecule has 0 amide bonds. The largest absolute Gasteiger partial charge is 0.496 e. The second-order valence-corrected chi connectivity index (χ2v) is 3.10. The number of benzene rings is 1. The number of aromatic nitrogens is 2. The first-order valence-electron chi connectivity index (χ1n) is 4.54. The molecule has 82 valence electrons. The van der Waals surface area contributed by atoms with E-state index < -0.39 is 4.92 Å². The molecule has 1 aromatic heterocycles. The summed E-state index contributed by atoms with van der Waals surface area (Å²) in [6, 6.07) is 4.42. The van der Waals surface area contributed by atoms with E-state index in [1.165, 1.54) is 25.6 Å². The van der Waals surface area contributed by atoms with Crippen molar-refractivity contribution in [2.75, 3.05) is 7.11 Å². The molecular weight excluding hydrogens is 210 g/mol. The number of H-pyrrole nitrogens is 1. The van der Waals surface area contributed by atoms with Crippen LogP contribution in [0, 0.1) is 10.1 Å². The molecule has 0 saturated heterocycles. The molecule has 0 spiro atoms. The van der Waals surface area contributed by atoms with Gasteiger partial charge in [0.15, 0.2) is 0 Å². The lowest BCUT2D eigenvalue weighted by Crippen LogP contribution is -1.92. The van der Waals surface area contributed by atoms with Crippen molar-refractivity contribution in [2.24, 2.45) is 0 Å². The number of rotatable bonds is 3. The third-order valence-corrected chi connectivity index (χ3v) is 2.17. The fourth-order valence-electron chi connectivity index (χ4n) is 1.41. The maximum atomic E-state index is 10.6. The summed E-state index contributed by atoms with van der Waals surface area (Å²) in [4.78, 5) is 17.0. The van der Waals surface area contributed by atoms with Gasteiger partial charge >= 0.3 is 0 Å². The number of imidazole rings is 1. The molecule has 0 bridgehead atoms. The predicted molar refractivity (Wildman–Crippen MR) is 57.2 cm³/mol. The fourth-order valence-corrected chi connectivity index (χ4v) is 1.41. The van der Waals surface area contributed by atoms with Gasteiger partial charge in [-0.3, -0.25) is 10.1 Å². The van der Waals surface area contributed by atoms with Gasteiger partial charge in [0, 0.05) is 17.8 Å². The number of hydrogen-bond donors (Lipinski definition) is 1. The summed E-state index contributed by atoms with van der Waals surface area (Å²) in [5.41, 5.74) is 1.40. The highest BCUT2D eigenvalue weighted by Crippen LogP contribution is 2.31. The van der Waals surface area contributed by atoms with Gasteiger partial charge in [-0.15, -0.1) is 0 Å². The van der Waals surface area contributed by atoms with E-state index in [0.29, 0.717) is 17.0 Å². The Kier molecular flexibility index (Phi) is 2.55. The number of ether oxygens (including phenoxy) is 1. The molecule has 0 radical (unpaired) electrons. The van der Waals surface area contributed by atoms with Crippen LogP contribution in [0.4, 0.5) is 5.69 Å². The molecular formula is C10H9N3O3. The van der Waals surface area contributed by atoms with Crippen LogP contribution >= 0.6 is 0 Å². The van der Waals surface area contributed by atoms with Crippen molar-refractivity contribution in [1.29, 1.82) is 0 Å². The summed E-state index contributed by atoms with van der Waals surface area (Å²) in [5, 5.41) is 10.6. The van der Waals surface area contributed by atoms with Crippen molar-refractivity contribution in [1.82, 2.24) is 9.97 Å². The average Bonchev–Trinajstić information content (AvgIpc) is 2.81. The first-order valence-corrected chi connectivity index (χ1v) is 4.54. The third-order valence-electron chi connectivity index (χ3n) is 2.17. The van der Waals surface area contributed by atoms with Crippen LogP contribution in [-0.4, -0.2) is 22.0 Å². The SMILES string of the molecule is COc1cc([N+](=O)[O-])ccc1-c1c[nH]cn1. The second kappa shape index (κ2) is 4.01. The fraction of sp³-hybridized carbons (Fsp3) is 0.100. The zero-order chi connectivity index (χ0) is 11.5. The molecule has 0 saturated carbocycles. The van der Waals surface area contributed by atoms with Crippen LogP contribution in [0.25, 0.3) is 11.3 Å². The van der Waals surface area contributed by atoms with Gasteiger partial charge in [0.25, 0.3) is 5.69 Å². The lowest BCUT2D eigenvalue weighted by Gasteiger charge is -2.05. The zero-order valence-corrected chi connectivity index (χ0v) is 8.51. The van der Waals surface area contributed by atoms with E-state index in [0.717, 1.165) is 0 Å². The van der Waals surface area contributed by atoms with E-state index in [4.69, 9.17) is 4.74 Å². The van der Waals surface area contributed by atoms with Gasteiger partial charge in [-0.2, -0.15) is 0 Å². The van der Waals surface area contributed by atoms with Gasteiger partial charge in [-0.05, 0) is 6.07 Å². The van der Waals surface area contributed by atoms with Gasteiger partial charge in [0.2, 0.25) is 0 Å². The van der Waals surface area contributed by atoms with E-state index in [1.807, 2.05) is 0 Å². The molecule has 6 heteroatoms. The van der Waals surface area contributed by atoms with Crippen LogP contribution in [0.3, 0.4) is 0 Å². The van der Waals surface area contributed by atoms with Crippen molar-refractivity contribution in [3.8, 4) is 17.0 Å². The molecule has 2 rings (SSSR count). The van der Waals surface area contributed by atoms with Crippen molar-refractivity contribution >= 4 is 5.69 Å². The molecule has 0 aliphatic heterocycles. The normalized spacial score (nSPS) is 10.1. The molecule has 1 N–H and O–H groups in total. The maximum Gasteiger partial charge on any atom is 0.273 e. The molecule has 0 atom stereocenters. The Morgan fingerprint density at radius 2 is 2.31 bits per heavy atom. The van der Waals surface area contributed by atoms with Gasteiger partial charge in [0.05, 0.1) is 30.1 Å². The molecule has 16 heavy (non-hydrogen) atoms. The third kappa shape index (κ3) is 1.72. The minimum atomic E-state index is -0.461. The van der Waals surface area contributed by atoms with E-state index in [1.54, 1.807) is 12.3 Å². The lowest BCUT2D eigenvalue weighted by molar-refractivity contribution is -0.384. The average molecular weight is 219 g/mol. The number of nitro benzene ring substituents is 1. The summed E-state index contributed by atoms with van der Waals surface area (Å²) < 4.78 is 5.10. The summed E-state index contributed by atoms with van der Waals surface area (Å²) in [6.07, 6.45) is 3.24. The van der Waals surface area contributed by atoms with Crippen LogP contribution < -0.4 is 4.74 Å². The second-order valence-electron chi connectivity index (χ2n) is 3.10. The van der Waals surface area contributed by atoms with Crippen molar-refractivity contribution in [2.45, 2.75) is 0 Å². The number of nitro groups is 1. The number of non-ortho nitro benzene ring substituents is 1. The predicted octanol–water partition coefficient (Wildman–Crippen LogP) is 1.99. The molecule has 0 unspecified atom stereocenters. The van der Waals surface area contributed by atoms with Gasteiger partial charge in [-0.1, -0.05) is 0 Å². The highest BCUT2D eigenvalue weighted by atomic mass is 16.6. The number of methoxy groups -OCH3 is 1. The number of aromatic amines is 1. The summed E-state index contributed by atoms with van der Waals surface area (Å²) in [6.45, 7) is 0. The Labute approximate surface area is 91.0 Å². The summed E-state index contributed by atoms with van der Waals surface area (Å²) >= 11 is 0. The molecule has 0 aliphatic rings. The smallest absolute Gasteiger partial charge is 0.273 e. The first kappa shape index (κ1) is 10.2. The lowest BCUT2D eigenvalue weighted by atomic mass is 10.1. The first-order chi connectivity index (χ1) is 7.72. The van der Waals surface area contributed by atoms with Crippen molar-refractivity contribution in [3.63, 3.8) is 0 Å². The van der Waals surface area contributed by atoms with Crippen molar-refractivity contribution in [3.05, 3.63) is 40.8 Å². The molecule has 1 aromatic carbocycles.